The van der Waals surface area contributed by atoms with Gasteiger partial charge in [0.15, 0.2) is 0 Å². The van der Waals surface area contributed by atoms with E-state index in [0.717, 1.165) is 0 Å². The van der Waals surface area contributed by atoms with Crippen molar-refractivity contribution in [2.45, 2.75) is 0 Å². The standard InChI is InChI=1S/La.Mn.2H2O.3O.Sr.2H/h;;2*1H2;;;;;;/q;+2;;;;;;;;/p-2. The van der Waals surface area contributed by atoms with Gasteiger partial charge in [-0.05, 0) is 0 Å². The van der Waals surface area contributed by atoms with Crippen molar-refractivity contribution in [2.24, 2.45) is 0 Å². The van der Waals surface area contributed by atoms with Crippen molar-refractivity contribution in [3.05, 3.63) is 0 Å². The van der Waals surface area contributed by atoms with Gasteiger partial charge >= 0.3 is 77.6 Å². The van der Waals surface area contributed by atoms with Crippen LogP contribution < -0.4 is 0 Å². The van der Waals surface area contributed by atoms with Gasteiger partial charge in [0.25, 0.3) is 0 Å². The van der Waals surface area contributed by atoms with Crippen LogP contribution in [0.25, 0.3) is 0 Å². The molecule has 0 fully saturated rings. The summed E-state index contributed by atoms with van der Waals surface area (Å²) in [5.74, 6) is 0. The maximum absolute atomic E-state index is 8.83. The third-order valence-corrected chi connectivity index (χ3v) is 0. The van der Waals surface area contributed by atoms with Gasteiger partial charge in [0.1, 0.15) is 0 Å². The van der Waals surface area contributed by atoms with Gasteiger partial charge in [-0.3, -0.25) is 0 Å². The van der Waals surface area contributed by atoms with E-state index in [4.69, 9.17) is 19.9 Å². The molecule has 0 aliphatic rings. The van der Waals surface area contributed by atoms with Crippen LogP contribution in [-0.2, 0) is 23.7 Å². The predicted octanol–water partition coefficient (Wildman–Crippen LogP) is -2.39. The second kappa shape index (κ2) is 4.40. The monoisotopic (exact) mass is 366 g/mol. The van der Waals surface area contributed by atoms with Crippen LogP contribution in [0.5, 0.6) is 0 Å². The fourth-order valence-corrected chi connectivity index (χ4v) is 0. The zero-order valence-corrected chi connectivity index (χ0v) is 7.88. The number of hydrogen-bond acceptors (Lipinski definition) is 3. The molecule has 8 heteroatoms. The van der Waals surface area contributed by atoms with Crippen LogP contribution in [-0.4, -0.2) is 53.9 Å². The Hall–Kier alpha value is 2.51. The van der Waals surface area contributed by atoms with Gasteiger partial charge in [0.05, 0.1) is 0 Å². The molecular formula is H4LaMnO5Sr. The minimum absolute atomic E-state index is 0. The molecule has 0 aromatic carbocycles. The molecule has 1 radical (unpaired) electrons. The average molecular weight is 365 g/mol. The van der Waals surface area contributed by atoms with Gasteiger partial charge in [-0.15, -0.1) is 0 Å². The van der Waals surface area contributed by atoms with E-state index in [2.05, 4.69) is 0 Å². The topological polar surface area (TPSA) is 91.7 Å². The summed E-state index contributed by atoms with van der Waals surface area (Å²) in [7, 11) is 0. The maximum atomic E-state index is 8.83. The van der Waals surface area contributed by atoms with Gasteiger partial charge in [-0.25, -0.2) is 0 Å². The van der Waals surface area contributed by atoms with Gasteiger partial charge in [-0.1, -0.05) is 0 Å². The molecule has 0 bridgehead atoms. The molecule has 0 saturated heterocycles. The molecule has 0 amide bonds. The Kier molecular flexibility index (Phi) is 9.28. The molecule has 0 spiro atoms. The molecule has 0 saturated carbocycles. The molecule has 8 heavy (non-hydrogen) atoms. The molecule has 0 aliphatic heterocycles. The van der Waals surface area contributed by atoms with Gasteiger partial charge in [0.2, 0.25) is 0 Å². The van der Waals surface area contributed by atoms with Crippen molar-refractivity contribution >= 4 is 45.5 Å². The van der Waals surface area contributed by atoms with E-state index in [1.165, 1.54) is 0 Å². The van der Waals surface area contributed by atoms with Gasteiger partial charge in [-0.2, -0.15) is 0 Å². The van der Waals surface area contributed by atoms with E-state index in [0.29, 0.717) is 0 Å². The zero-order valence-electron chi connectivity index (χ0n) is 3.07. The summed E-state index contributed by atoms with van der Waals surface area (Å²) in [5.41, 5.74) is 0. The summed E-state index contributed by atoms with van der Waals surface area (Å²) >= 11 is -7.01. The second-order valence-corrected chi connectivity index (χ2v) is 2.80. The first-order valence-corrected chi connectivity index (χ1v) is 3.30. The molecular weight excluding hydrogens is 361 g/mol. The van der Waals surface area contributed by atoms with Crippen molar-refractivity contribution in [1.29, 1.82) is 0 Å². The average Bonchev–Trinajstić information content (AvgIpc) is 0.650. The summed E-state index contributed by atoms with van der Waals surface area (Å²) in [6.45, 7) is 0. The molecule has 0 atom stereocenters. The van der Waals surface area contributed by atoms with Crippen molar-refractivity contribution in [3.8, 4) is 0 Å². The first kappa shape index (κ1) is 16.9. The molecule has 0 rings (SSSR count). The summed E-state index contributed by atoms with van der Waals surface area (Å²) < 4.78 is 40.6. The Labute approximate surface area is 111 Å². The van der Waals surface area contributed by atoms with Gasteiger partial charge < -0.3 is 0 Å². The summed E-state index contributed by atoms with van der Waals surface area (Å²) in [6.07, 6.45) is 0. The van der Waals surface area contributed by atoms with Crippen molar-refractivity contribution in [3.63, 3.8) is 0 Å². The van der Waals surface area contributed by atoms with Crippen LogP contribution in [0.3, 0.4) is 0 Å². The van der Waals surface area contributed by atoms with Crippen LogP contribution in [0.1, 0.15) is 0 Å². The third-order valence-electron chi connectivity index (χ3n) is 0. The van der Waals surface area contributed by atoms with Crippen molar-refractivity contribution in [1.82, 2.24) is 0 Å². The zero-order chi connectivity index (χ0) is 5.45. The summed E-state index contributed by atoms with van der Waals surface area (Å²) in [5, 5.41) is 0. The van der Waals surface area contributed by atoms with Crippen LogP contribution in [0.2, 0.25) is 0 Å². The predicted molar refractivity (Wildman–Crippen MR) is 15.0 cm³/mol. The van der Waals surface area contributed by atoms with Gasteiger partial charge in [0, 0.05) is 35.6 Å². The van der Waals surface area contributed by atoms with E-state index >= 15 is 0 Å². The Balaban J connectivity index is -0.000000125. The van der Waals surface area contributed by atoms with E-state index in [1.807, 2.05) is 0 Å². The molecule has 0 unspecified atom stereocenters. The van der Waals surface area contributed by atoms with E-state index < -0.39 is 12.2 Å². The fraction of sp³-hybridized carbons (Fsp3) is 0. The van der Waals surface area contributed by atoms with Crippen LogP contribution in [0, 0.1) is 35.6 Å². The molecule has 0 heterocycles. The molecule has 0 aromatic heterocycles. The number of rotatable bonds is 0. The molecule has 2 N–H and O–H groups in total. The Bertz CT molecular complexity index is 191. The summed E-state index contributed by atoms with van der Waals surface area (Å²) in [6, 6.07) is 0. The molecule has 0 aliphatic carbocycles. The van der Waals surface area contributed by atoms with Crippen LogP contribution >= 0.6 is 0 Å². The minimum atomic E-state index is -7.01. The molecule has 0 aromatic rings. The third kappa shape index (κ3) is 76.0. The fourth-order valence-electron chi connectivity index (χ4n) is 0. The van der Waals surface area contributed by atoms with E-state index in [-0.39, 0.29) is 81.1 Å². The Morgan fingerprint density at radius 3 is 1.00 bits per heavy atom. The molecule has 5 nitrogen and oxygen atoms in total. The molecule has 46 valence electrons. The quantitative estimate of drug-likeness (QED) is 0.468. The SMILES string of the molecule is [La].[O]=[Mn](=[O])(=[O])([OH])[OH].[SrH2]. The second-order valence-electron chi connectivity index (χ2n) is 0.679. The van der Waals surface area contributed by atoms with Crippen molar-refractivity contribution < 1.29 is 67.7 Å². The Morgan fingerprint density at radius 2 is 1.00 bits per heavy atom. The Morgan fingerprint density at radius 1 is 1.00 bits per heavy atom. The summed E-state index contributed by atoms with van der Waals surface area (Å²) in [4.78, 5) is 0. The number of hydrogen-bond donors (Lipinski definition) is 2. The van der Waals surface area contributed by atoms with Crippen LogP contribution in [0.15, 0.2) is 0 Å². The van der Waals surface area contributed by atoms with Crippen molar-refractivity contribution in [2.75, 3.05) is 0 Å². The first-order valence-electron chi connectivity index (χ1n) is 0.801. The van der Waals surface area contributed by atoms with E-state index in [1.54, 1.807) is 0 Å². The first-order chi connectivity index (χ1) is 2.24. The normalized spacial score (nSPS) is 14.0. The van der Waals surface area contributed by atoms with E-state index in [9.17, 15) is 0 Å². The van der Waals surface area contributed by atoms with Crippen LogP contribution in [0.4, 0.5) is 0 Å².